The molecule has 0 unspecified atom stereocenters. The highest BCUT2D eigenvalue weighted by Gasteiger charge is 2.15. The molecule has 0 saturated heterocycles. The molecule has 0 fully saturated rings. The SMILES string of the molecule is CCC(C)(C)Nc1ccc2c(C(=O)O)cccc2n1. The molecule has 0 aliphatic rings. The minimum Gasteiger partial charge on any atom is -0.478 e. The molecular formula is C15H18N2O2. The summed E-state index contributed by atoms with van der Waals surface area (Å²) in [6.45, 7) is 6.32. The number of nitrogens with one attached hydrogen (secondary N) is 1. The van der Waals surface area contributed by atoms with Gasteiger partial charge in [0.15, 0.2) is 0 Å². The molecule has 2 aromatic rings. The molecule has 0 saturated carbocycles. The standard InChI is InChI=1S/C15H18N2O2/c1-4-15(2,3)17-13-9-8-10-11(14(18)19)6-5-7-12(10)16-13/h5-9H,4H2,1-3H3,(H,16,17)(H,18,19). The van der Waals surface area contributed by atoms with Crippen molar-refractivity contribution in [3.63, 3.8) is 0 Å². The van der Waals surface area contributed by atoms with E-state index in [1.54, 1.807) is 18.2 Å². The van der Waals surface area contributed by atoms with Crippen LogP contribution in [0.15, 0.2) is 30.3 Å². The van der Waals surface area contributed by atoms with Crippen molar-refractivity contribution in [3.8, 4) is 0 Å². The summed E-state index contributed by atoms with van der Waals surface area (Å²) in [7, 11) is 0. The van der Waals surface area contributed by atoms with E-state index < -0.39 is 5.97 Å². The number of nitrogens with zero attached hydrogens (tertiary/aromatic N) is 1. The fourth-order valence-corrected chi connectivity index (χ4v) is 1.85. The van der Waals surface area contributed by atoms with E-state index >= 15 is 0 Å². The van der Waals surface area contributed by atoms with Crippen molar-refractivity contribution in [2.45, 2.75) is 32.7 Å². The summed E-state index contributed by atoms with van der Waals surface area (Å²) in [5.41, 5.74) is 0.938. The van der Waals surface area contributed by atoms with Crippen molar-refractivity contribution in [2.24, 2.45) is 0 Å². The lowest BCUT2D eigenvalue weighted by Gasteiger charge is -2.25. The van der Waals surface area contributed by atoms with Crippen molar-refractivity contribution >= 4 is 22.7 Å². The molecule has 0 atom stereocenters. The average molecular weight is 258 g/mol. The van der Waals surface area contributed by atoms with Crippen LogP contribution in [0, 0.1) is 0 Å². The number of hydrogen-bond donors (Lipinski definition) is 2. The van der Waals surface area contributed by atoms with Crippen molar-refractivity contribution in [3.05, 3.63) is 35.9 Å². The Kier molecular flexibility index (Phi) is 3.42. The lowest BCUT2D eigenvalue weighted by molar-refractivity contribution is 0.0699. The molecule has 100 valence electrons. The van der Waals surface area contributed by atoms with Gasteiger partial charge in [-0.25, -0.2) is 9.78 Å². The lowest BCUT2D eigenvalue weighted by Crippen LogP contribution is -2.30. The number of aromatic carboxylic acids is 1. The third-order valence-electron chi connectivity index (χ3n) is 3.31. The van der Waals surface area contributed by atoms with Crippen LogP contribution < -0.4 is 5.32 Å². The van der Waals surface area contributed by atoms with E-state index in [0.29, 0.717) is 10.9 Å². The first-order valence-electron chi connectivity index (χ1n) is 6.34. The smallest absolute Gasteiger partial charge is 0.336 e. The second-order valence-corrected chi connectivity index (χ2v) is 5.24. The quantitative estimate of drug-likeness (QED) is 0.880. The van der Waals surface area contributed by atoms with E-state index in [-0.39, 0.29) is 11.1 Å². The highest BCUT2D eigenvalue weighted by atomic mass is 16.4. The Hall–Kier alpha value is -2.10. The van der Waals surface area contributed by atoms with E-state index in [2.05, 4.69) is 31.1 Å². The maximum absolute atomic E-state index is 11.1. The van der Waals surface area contributed by atoms with Crippen LogP contribution in [0.4, 0.5) is 5.82 Å². The van der Waals surface area contributed by atoms with E-state index in [1.807, 2.05) is 12.1 Å². The summed E-state index contributed by atoms with van der Waals surface area (Å²) in [5.74, 6) is -0.163. The van der Waals surface area contributed by atoms with Crippen LogP contribution in [0.1, 0.15) is 37.6 Å². The zero-order chi connectivity index (χ0) is 14.0. The van der Waals surface area contributed by atoms with Gasteiger partial charge >= 0.3 is 5.97 Å². The fourth-order valence-electron chi connectivity index (χ4n) is 1.85. The Morgan fingerprint density at radius 1 is 1.32 bits per heavy atom. The van der Waals surface area contributed by atoms with Gasteiger partial charge in [-0.1, -0.05) is 13.0 Å². The maximum Gasteiger partial charge on any atom is 0.336 e. The van der Waals surface area contributed by atoms with Gasteiger partial charge in [0, 0.05) is 10.9 Å². The molecule has 1 heterocycles. The lowest BCUT2D eigenvalue weighted by atomic mass is 10.0. The van der Waals surface area contributed by atoms with Crippen LogP contribution in [0.5, 0.6) is 0 Å². The van der Waals surface area contributed by atoms with Gasteiger partial charge in [-0.3, -0.25) is 0 Å². The minimum absolute atomic E-state index is 0.0366. The fraction of sp³-hybridized carbons (Fsp3) is 0.333. The number of benzene rings is 1. The summed E-state index contributed by atoms with van der Waals surface area (Å²) in [6.07, 6.45) is 0.974. The molecule has 0 aliphatic heterocycles. The number of carboxylic acid groups (broad SMARTS) is 1. The second kappa shape index (κ2) is 4.88. The molecule has 19 heavy (non-hydrogen) atoms. The van der Waals surface area contributed by atoms with Gasteiger partial charge in [-0.05, 0) is 44.5 Å². The monoisotopic (exact) mass is 258 g/mol. The third kappa shape index (κ3) is 2.84. The van der Waals surface area contributed by atoms with Crippen LogP contribution in [-0.2, 0) is 0 Å². The van der Waals surface area contributed by atoms with Gasteiger partial charge < -0.3 is 10.4 Å². The number of anilines is 1. The zero-order valence-corrected chi connectivity index (χ0v) is 11.4. The van der Waals surface area contributed by atoms with Crippen LogP contribution >= 0.6 is 0 Å². The van der Waals surface area contributed by atoms with Gasteiger partial charge in [0.05, 0.1) is 11.1 Å². The van der Waals surface area contributed by atoms with Gasteiger partial charge in [0.2, 0.25) is 0 Å². The van der Waals surface area contributed by atoms with E-state index in [1.165, 1.54) is 0 Å². The summed E-state index contributed by atoms with van der Waals surface area (Å²) in [4.78, 5) is 15.6. The molecule has 0 spiro atoms. The van der Waals surface area contributed by atoms with Gasteiger partial charge in [-0.15, -0.1) is 0 Å². The van der Waals surface area contributed by atoms with Gasteiger partial charge in [0.25, 0.3) is 0 Å². The van der Waals surface area contributed by atoms with Crippen molar-refractivity contribution < 1.29 is 9.90 Å². The summed E-state index contributed by atoms with van der Waals surface area (Å²) >= 11 is 0. The van der Waals surface area contributed by atoms with Gasteiger partial charge in [-0.2, -0.15) is 0 Å². The normalized spacial score (nSPS) is 11.5. The number of hydrogen-bond acceptors (Lipinski definition) is 3. The first-order chi connectivity index (χ1) is 8.93. The molecule has 1 aromatic heterocycles. The number of pyridine rings is 1. The number of carboxylic acids is 1. The molecule has 4 nitrogen and oxygen atoms in total. The second-order valence-electron chi connectivity index (χ2n) is 5.24. The van der Waals surface area contributed by atoms with Crippen LogP contribution in [0.2, 0.25) is 0 Å². The topological polar surface area (TPSA) is 62.2 Å². The molecule has 0 amide bonds. The average Bonchev–Trinajstić information content (AvgIpc) is 2.37. The highest BCUT2D eigenvalue weighted by molar-refractivity contribution is 6.02. The van der Waals surface area contributed by atoms with Crippen molar-refractivity contribution in [2.75, 3.05) is 5.32 Å². The highest BCUT2D eigenvalue weighted by Crippen LogP contribution is 2.22. The number of aromatic nitrogens is 1. The minimum atomic E-state index is -0.929. The summed E-state index contributed by atoms with van der Waals surface area (Å²) in [5, 5.41) is 13.1. The van der Waals surface area contributed by atoms with Crippen LogP contribution in [0.25, 0.3) is 10.9 Å². The molecule has 0 aliphatic carbocycles. The molecule has 0 bridgehead atoms. The largest absolute Gasteiger partial charge is 0.478 e. The molecular weight excluding hydrogens is 240 g/mol. The molecule has 2 N–H and O–H groups in total. The Morgan fingerprint density at radius 3 is 2.68 bits per heavy atom. The van der Waals surface area contributed by atoms with Gasteiger partial charge in [0.1, 0.15) is 5.82 Å². The maximum atomic E-state index is 11.1. The van der Waals surface area contributed by atoms with Crippen molar-refractivity contribution in [1.82, 2.24) is 4.98 Å². The Morgan fingerprint density at radius 2 is 2.05 bits per heavy atom. The predicted octanol–water partition coefficient (Wildman–Crippen LogP) is 3.53. The summed E-state index contributed by atoms with van der Waals surface area (Å²) < 4.78 is 0. The third-order valence-corrected chi connectivity index (χ3v) is 3.31. The molecule has 4 heteroatoms. The van der Waals surface area contributed by atoms with Crippen LogP contribution in [0.3, 0.4) is 0 Å². The number of rotatable bonds is 4. The zero-order valence-electron chi connectivity index (χ0n) is 11.4. The van der Waals surface area contributed by atoms with Crippen molar-refractivity contribution in [1.29, 1.82) is 0 Å². The van der Waals surface area contributed by atoms with E-state index in [4.69, 9.17) is 5.11 Å². The first-order valence-corrected chi connectivity index (χ1v) is 6.34. The van der Waals surface area contributed by atoms with E-state index in [9.17, 15) is 4.79 Å². The summed E-state index contributed by atoms with van der Waals surface area (Å²) in [6, 6.07) is 8.76. The van der Waals surface area contributed by atoms with Crippen LogP contribution in [-0.4, -0.2) is 21.6 Å². The molecule has 1 aromatic carbocycles. The molecule has 0 radical (unpaired) electrons. The Labute approximate surface area is 112 Å². The number of fused-ring (bicyclic) bond motifs is 1. The van der Waals surface area contributed by atoms with E-state index in [0.717, 1.165) is 12.2 Å². The first kappa shape index (κ1) is 13.3. The Bertz CT molecular complexity index is 621. The molecule has 2 rings (SSSR count). The predicted molar refractivity (Wildman–Crippen MR) is 76.7 cm³/mol. The number of carbonyl (C=O) groups is 1. The Balaban J connectivity index is 2.45.